The molecule has 0 amide bonds. The Morgan fingerprint density at radius 3 is 2.64 bits per heavy atom. The summed E-state index contributed by atoms with van der Waals surface area (Å²) in [6, 6.07) is 0. The summed E-state index contributed by atoms with van der Waals surface area (Å²) < 4.78 is 0. The van der Waals surface area contributed by atoms with Gasteiger partial charge in [-0.1, -0.05) is 26.2 Å². The number of Topliss-reactive ketones (excluding diaryl/α,β-unsaturated/α-hetero) is 1. The quantitative estimate of drug-likeness (QED) is 0.667. The lowest BCUT2D eigenvalue weighted by Gasteiger charge is -2.25. The van der Waals surface area contributed by atoms with Crippen LogP contribution in [0.1, 0.15) is 32.6 Å². The first-order chi connectivity index (χ1) is 5.24. The molecule has 1 saturated carbocycles. The van der Waals surface area contributed by atoms with Gasteiger partial charge in [0.2, 0.25) is 0 Å². The molecule has 0 spiro atoms. The van der Waals surface area contributed by atoms with Crippen LogP contribution in [0.5, 0.6) is 0 Å². The fourth-order valence-corrected chi connectivity index (χ4v) is 1.28. The van der Waals surface area contributed by atoms with Gasteiger partial charge in [-0.2, -0.15) is 0 Å². The molecule has 1 rings (SSSR count). The zero-order valence-corrected chi connectivity index (χ0v) is 7.05. The molecule has 0 unspecified atom stereocenters. The molecule has 1 N–H and O–H groups in total. The van der Waals surface area contributed by atoms with E-state index in [0.29, 0.717) is 12.3 Å². The lowest BCUT2D eigenvalue weighted by molar-refractivity contribution is -0.124. The monoisotopic (exact) mass is 156 g/mol. The van der Waals surface area contributed by atoms with Crippen LogP contribution in [0, 0.1) is 11.8 Å². The van der Waals surface area contributed by atoms with E-state index in [4.69, 9.17) is 5.11 Å². The molecule has 0 aromatic carbocycles. The number of aliphatic hydroxyl groups excluding tert-OH is 1. The number of hydrogen-bond acceptors (Lipinski definition) is 2. The van der Waals surface area contributed by atoms with Crippen molar-refractivity contribution in [1.82, 2.24) is 0 Å². The van der Waals surface area contributed by atoms with E-state index >= 15 is 0 Å². The first-order valence-corrected chi connectivity index (χ1v) is 4.37. The minimum absolute atomic E-state index is 0.00551. The van der Waals surface area contributed by atoms with Crippen LogP contribution < -0.4 is 0 Å². The van der Waals surface area contributed by atoms with Crippen LogP contribution >= 0.6 is 0 Å². The molecule has 0 aromatic heterocycles. The average Bonchev–Trinajstić information content (AvgIpc) is 1.94. The van der Waals surface area contributed by atoms with Crippen molar-refractivity contribution in [1.29, 1.82) is 0 Å². The third kappa shape index (κ3) is 2.29. The van der Waals surface area contributed by atoms with Crippen LogP contribution in [0.15, 0.2) is 0 Å². The Labute approximate surface area is 67.6 Å². The van der Waals surface area contributed by atoms with Gasteiger partial charge >= 0.3 is 0 Å². The predicted octanol–water partition coefficient (Wildman–Crippen LogP) is 1.37. The maximum Gasteiger partial charge on any atom is 0.138 e. The van der Waals surface area contributed by atoms with Crippen LogP contribution in [0.3, 0.4) is 0 Å². The van der Waals surface area contributed by atoms with Crippen molar-refractivity contribution in [2.75, 3.05) is 6.61 Å². The number of carbonyl (C=O) groups is 1. The second-order valence-electron chi connectivity index (χ2n) is 3.55. The fraction of sp³-hybridized carbons (Fsp3) is 0.889. The molecule has 0 saturated heterocycles. The first-order valence-electron chi connectivity index (χ1n) is 4.37. The van der Waals surface area contributed by atoms with E-state index in [1.165, 1.54) is 19.3 Å². The smallest absolute Gasteiger partial charge is 0.138 e. The lowest BCUT2D eigenvalue weighted by atomic mass is 9.80. The molecule has 1 atom stereocenters. The second kappa shape index (κ2) is 3.86. The fourth-order valence-electron chi connectivity index (χ4n) is 1.28. The molecule has 2 heteroatoms. The Kier molecular flexibility index (Phi) is 3.06. The molecule has 64 valence electrons. The third-order valence-electron chi connectivity index (χ3n) is 2.54. The molecule has 0 bridgehead atoms. The zero-order chi connectivity index (χ0) is 8.27. The van der Waals surface area contributed by atoms with Gasteiger partial charge in [-0.15, -0.1) is 0 Å². The van der Waals surface area contributed by atoms with Gasteiger partial charge in [0.05, 0.1) is 6.61 Å². The Bertz CT molecular complexity index is 138. The van der Waals surface area contributed by atoms with Crippen LogP contribution in [0.4, 0.5) is 0 Å². The van der Waals surface area contributed by atoms with Crippen molar-refractivity contribution in [3.63, 3.8) is 0 Å². The molecule has 11 heavy (non-hydrogen) atoms. The Morgan fingerprint density at radius 1 is 1.64 bits per heavy atom. The van der Waals surface area contributed by atoms with Gasteiger partial charge in [-0.25, -0.2) is 0 Å². The van der Waals surface area contributed by atoms with Crippen molar-refractivity contribution in [2.45, 2.75) is 32.6 Å². The van der Waals surface area contributed by atoms with Crippen molar-refractivity contribution < 1.29 is 9.90 Å². The minimum atomic E-state index is -0.143. The van der Waals surface area contributed by atoms with E-state index in [2.05, 4.69) is 0 Å². The van der Waals surface area contributed by atoms with Crippen molar-refractivity contribution >= 4 is 5.78 Å². The van der Waals surface area contributed by atoms with Crippen LogP contribution in [-0.2, 0) is 4.79 Å². The number of ketones is 1. The summed E-state index contributed by atoms with van der Waals surface area (Å²) in [6.07, 6.45) is 4.40. The van der Waals surface area contributed by atoms with Gasteiger partial charge in [0.1, 0.15) is 5.78 Å². The standard InChI is InChI=1S/C9H16O2/c1-7(6-10)9(11)5-8-3-2-4-8/h7-8,10H,2-6H2,1H3/t7-/m0/s1. The highest BCUT2D eigenvalue weighted by molar-refractivity contribution is 5.81. The predicted molar refractivity (Wildman–Crippen MR) is 43.2 cm³/mol. The third-order valence-corrected chi connectivity index (χ3v) is 2.54. The largest absolute Gasteiger partial charge is 0.396 e. The highest BCUT2D eigenvalue weighted by Gasteiger charge is 2.22. The second-order valence-corrected chi connectivity index (χ2v) is 3.55. The first kappa shape index (κ1) is 8.72. The lowest BCUT2D eigenvalue weighted by Crippen LogP contribution is -2.21. The van der Waals surface area contributed by atoms with E-state index in [-0.39, 0.29) is 18.3 Å². The highest BCUT2D eigenvalue weighted by atomic mass is 16.3. The summed E-state index contributed by atoms with van der Waals surface area (Å²) in [5, 5.41) is 8.69. The average molecular weight is 156 g/mol. The summed E-state index contributed by atoms with van der Waals surface area (Å²) in [7, 11) is 0. The number of carbonyl (C=O) groups excluding carboxylic acids is 1. The summed E-state index contributed by atoms with van der Waals surface area (Å²) in [5.41, 5.74) is 0. The van der Waals surface area contributed by atoms with Crippen molar-refractivity contribution in [3.8, 4) is 0 Å². The normalized spacial score (nSPS) is 20.9. The van der Waals surface area contributed by atoms with E-state index in [1.54, 1.807) is 6.92 Å². The summed E-state index contributed by atoms with van der Waals surface area (Å²) in [5.74, 6) is 0.726. The van der Waals surface area contributed by atoms with Crippen molar-refractivity contribution in [3.05, 3.63) is 0 Å². The van der Waals surface area contributed by atoms with Crippen LogP contribution in [0.2, 0.25) is 0 Å². The molecule has 2 nitrogen and oxygen atoms in total. The molecule has 0 radical (unpaired) electrons. The topological polar surface area (TPSA) is 37.3 Å². The molecule has 1 aliphatic carbocycles. The molecule has 1 aliphatic rings. The summed E-state index contributed by atoms with van der Waals surface area (Å²) >= 11 is 0. The Hall–Kier alpha value is -0.370. The number of rotatable bonds is 4. The van der Waals surface area contributed by atoms with E-state index in [1.807, 2.05) is 0 Å². The maximum atomic E-state index is 11.2. The van der Waals surface area contributed by atoms with Gasteiger partial charge in [0.25, 0.3) is 0 Å². The van der Waals surface area contributed by atoms with Gasteiger partial charge < -0.3 is 5.11 Å². The van der Waals surface area contributed by atoms with Crippen LogP contribution in [0.25, 0.3) is 0 Å². The van der Waals surface area contributed by atoms with Crippen LogP contribution in [-0.4, -0.2) is 17.5 Å². The number of hydrogen-bond donors (Lipinski definition) is 1. The summed E-state index contributed by atoms with van der Waals surface area (Å²) in [4.78, 5) is 11.2. The molecular formula is C9H16O2. The van der Waals surface area contributed by atoms with Gasteiger partial charge in [-0.05, 0) is 5.92 Å². The van der Waals surface area contributed by atoms with Crippen molar-refractivity contribution in [2.24, 2.45) is 11.8 Å². The highest BCUT2D eigenvalue weighted by Crippen LogP contribution is 2.30. The van der Waals surface area contributed by atoms with E-state index in [0.717, 1.165) is 0 Å². The molecule has 0 aromatic rings. The SMILES string of the molecule is C[C@@H](CO)C(=O)CC1CCC1. The van der Waals surface area contributed by atoms with Gasteiger partial charge in [-0.3, -0.25) is 4.79 Å². The number of aliphatic hydroxyl groups is 1. The molecule has 1 fully saturated rings. The minimum Gasteiger partial charge on any atom is -0.396 e. The van der Waals surface area contributed by atoms with E-state index < -0.39 is 0 Å². The maximum absolute atomic E-state index is 11.2. The van der Waals surface area contributed by atoms with E-state index in [9.17, 15) is 4.79 Å². The van der Waals surface area contributed by atoms with Gasteiger partial charge in [0.15, 0.2) is 0 Å². The molecule has 0 heterocycles. The zero-order valence-electron chi connectivity index (χ0n) is 7.05. The molecular weight excluding hydrogens is 140 g/mol. The summed E-state index contributed by atoms with van der Waals surface area (Å²) in [6.45, 7) is 1.80. The van der Waals surface area contributed by atoms with Gasteiger partial charge in [0, 0.05) is 12.3 Å². The Morgan fingerprint density at radius 2 is 2.27 bits per heavy atom. The Balaban J connectivity index is 2.19. The molecule has 0 aliphatic heterocycles.